The summed E-state index contributed by atoms with van der Waals surface area (Å²) in [6.07, 6.45) is 0.849. The van der Waals surface area contributed by atoms with Crippen LogP contribution >= 0.6 is 0 Å². The lowest BCUT2D eigenvalue weighted by atomic mass is 9.77. The molecule has 0 radical (unpaired) electrons. The molecule has 1 nitrogen and oxygen atoms in total. The molecule has 0 heterocycles. The highest BCUT2D eigenvalue weighted by atomic mass is 19.4. The Morgan fingerprint density at radius 2 is 1.44 bits per heavy atom. The zero-order valence-corrected chi connectivity index (χ0v) is 18.0. The summed E-state index contributed by atoms with van der Waals surface area (Å²) in [6, 6.07) is 10.8. The molecule has 1 fully saturated rings. The SMILES string of the molecule is C=CCC[C@H]1CC[C@H](c2ccc(C(F)(F)OCCc3ccc(C(F)(F)F)cc3)cc2)CC1. The van der Waals surface area contributed by atoms with E-state index in [1.54, 1.807) is 12.1 Å². The van der Waals surface area contributed by atoms with Gasteiger partial charge in [0.15, 0.2) is 0 Å². The van der Waals surface area contributed by atoms with Crippen LogP contribution in [-0.2, 0) is 23.4 Å². The summed E-state index contributed by atoms with van der Waals surface area (Å²) >= 11 is 0. The smallest absolute Gasteiger partial charge is 0.316 e. The van der Waals surface area contributed by atoms with Crippen LogP contribution < -0.4 is 0 Å². The number of halogens is 5. The minimum absolute atomic E-state index is 0.0981. The Morgan fingerprint density at radius 1 is 0.844 bits per heavy atom. The van der Waals surface area contributed by atoms with Crippen LogP contribution in [0, 0.1) is 5.92 Å². The maximum Gasteiger partial charge on any atom is 0.416 e. The summed E-state index contributed by atoms with van der Waals surface area (Å²) in [6.45, 7) is 3.48. The molecule has 1 saturated carbocycles. The van der Waals surface area contributed by atoms with Crippen molar-refractivity contribution < 1.29 is 26.7 Å². The highest BCUT2D eigenvalue weighted by molar-refractivity contribution is 5.28. The van der Waals surface area contributed by atoms with Crippen LogP contribution in [0.25, 0.3) is 0 Å². The van der Waals surface area contributed by atoms with Gasteiger partial charge in [-0.3, -0.25) is 0 Å². The lowest BCUT2D eigenvalue weighted by Crippen LogP contribution is -2.20. The fourth-order valence-electron chi connectivity index (χ4n) is 4.33. The summed E-state index contributed by atoms with van der Waals surface area (Å²) < 4.78 is 71.5. The maximum absolute atomic E-state index is 14.4. The third-order valence-electron chi connectivity index (χ3n) is 6.30. The molecule has 0 saturated heterocycles. The van der Waals surface area contributed by atoms with Crippen molar-refractivity contribution in [2.45, 2.75) is 63.1 Å². The average Bonchev–Trinajstić information content (AvgIpc) is 2.78. The first-order valence-corrected chi connectivity index (χ1v) is 11.1. The van der Waals surface area contributed by atoms with E-state index in [-0.39, 0.29) is 18.6 Å². The van der Waals surface area contributed by atoms with E-state index >= 15 is 0 Å². The largest absolute Gasteiger partial charge is 0.416 e. The minimum Gasteiger partial charge on any atom is -0.316 e. The normalized spacial score (nSPS) is 19.7. The molecule has 174 valence electrons. The number of rotatable bonds is 9. The molecule has 0 spiro atoms. The highest BCUT2D eigenvalue weighted by Crippen LogP contribution is 2.38. The molecule has 2 aromatic rings. The van der Waals surface area contributed by atoms with Gasteiger partial charge in [0.25, 0.3) is 0 Å². The molecule has 1 aliphatic rings. The summed E-state index contributed by atoms with van der Waals surface area (Å²) in [5.41, 5.74) is 0.607. The Morgan fingerprint density at radius 3 is 2.00 bits per heavy atom. The topological polar surface area (TPSA) is 9.23 Å². The Bertz CT molecular complexity index is 847. The van der Waals surface area contributed by atoms with E-state index in [1.165, 1.54) is 30.7 Å². The van der Waals surface area contributed by atoms with Gasteiger partial charge in [0, 0.05) is 0 Å². The minimum atomic E-state index is -4.42. The van der Waals surface area contributed by atoms with Gasteiger partial charge in [-0.2, -0.15) is 22.0 Å². The van der Waals surface area contributed by atoms with E-state index in [2.05, 4.69) is 6.58 Å². The molecule has 0 aliphatic heterocycles. The van der Waals surface area contributed by atoms with Crippen molar-refractivity contribution in [2.75, 3.05) is 6.61 Å². The van der Waals surface area contributed by atoms with E-state index in [4.69, 9.17) is 4.74 Å². The van der Waals surface area contributed by atoms with Gasteiger partial charge in [0.2, 0.25) is 0 Å². The van der Waals surface area contributed by atoms with Crippen molar-refractivity contribution in [3.05, 3.63) is 83.4 Å². The zero-order chi connectivity index (χ0) is 23.2. The summed E-state index contributed by atoms with van der Waals surface area (Å²) in [4.78, 5) is 0. The first kappa shape index (κ1) is 24.4. The van der Waals surface area contributed by atoms with Crippen molar-refractivity contribution >= 4 is 0 Å². The Labute approximate surface area is 186 Å². The van der Waals surface area contributed by atoms with Crippen molar-refractivity contribution in [2.24, 2.45) is 5.92 Å². The number of hydrogen-bond donors (Lipinski definition) is 0. The van der Waals surface area contributed by atoms with E-state index in [9.17, 15) is 22.0 Å². The van der Waals surface area contributed by atoms with E-state index in [0.29, 0.717) is 11.5 Å². The van der Waals surface area contributed by atoms with E-state index in [1.807, 2.05) is 6.08 Å². The van der Waals surface area contributed by atoms with E-state index < -0.39 is 17.8 Å². The van der Waals surface area contributed by atoms with Gasteiger partial charge in [-0.15, -0.1) is 6.58 Å². The molecule has 2 aromatic carbocycles. The fraction of sp³-hybridized carbons (Fsp3) is 0.462. The molecular weight excluding hydrogens is 423 g/mol. The van der Waals surface area contributed by atoms with Gasteiger partial charge in [0.1, 0.15) is 0 Å². The lowest BCUT2D eigenvalue weighted by molar-refractivity contribution is -0.248. The fourth-order valence-corrected chi connectivity index (χ4v) is 4.33. The van der Waals surface area contributed by atoms with Crippen LogP contribution in [0.4, 0.5) is 22.0 Å². The molecule has 0 amide bonds. The Kier molecular flexibility index (Phi) is 8.10. The van der Waals surface area contributed by atoms with Crippen LogP contribution in [0.3, 0.4) is 0 Å². The molecule has 6 heteroatoms. The van der Waals surface area contributed by atoms with Gasteiger partial charge in [-0.05, 0) is 80.0 Å². The molecular formula is C26H29F5O. The number of alkyl halides is 5. The van der Waals surface area contributed by atoms with Crippen molar-refractivity contribution in [3.63, 3.8) is 0 Å². The number of ether oxygens (including phenoxy) is 1. The predicted molar refractivity (Wildman–Crippen MR) is 116 cm³/mol. The van der Waals surface area contributed by atoms with Gasteiger partial charge in [-0.1, -0.05) is 42.5 Å². The Hall–Kier alpha value is -2.21. The molecule has 1 aliphatic carbocycles. The number of hydrogen-bond acceptors (Lipinski definition) is 1. The second kappa shape index (κ2) is 10.6. The van der Waals surface area contributed by atoms with Crippen molar-refractivity contribution in [1.82, 2.24) is 0 Å². The monoisotopic (exact) mass is 452 g/mol. The van der Waals surface area contributed by atoms with Crippen LogP contribution in [0.15, 0.2) is 61.2 Å². The van der Waals surface area contributed by atoms with Crippen LogP contribution in [0.1, 0.15) is 66.7 Å². The van der Waals surface area contributed by atoms with Crippen molar-refractivity contribution in [3.8, 4) is 0 Å². The first-order valence-electron chi connectivity index (χ1n) is 11.1. The van der Waals surface area contributed by atoms with Crippen LogP contribution in [-0.4, -0.2) is 6.61 Å². The number of allylic oxidation sites excluding steroid dienone is 1. The Balaban J connectivity index is 1.50. The van der Waals surface area contributed by atoms with Crippen LogP contribution in [0.2, 0.25) is 0 Å². The van der Waals surface area contributed by atoms with Crippen LogP contribution in [0.5, 0.6) is 0 Å². The second-order valence-electron chi connectivity index (χ2n) is 8.52. The molecule has 3 rings (SSSR count). The number of benzene rings is 2. The highest BCUT2D eigenvalue weighted by Gasteiger charge is 2.33. The molecule has 32 heavy (non-hydrogen) atoms. The van der Waals surface area contributed by atoms with E-state index in [0.717, 1.165) is 55.7 Å². The maximum atomic E-state index is 14.4. The lowest BCUT2D eigenvalue weighted by Gasteiger charge is -2.29. The summed E-state index contributed by atoms with van der Waals surface area (Å²) in [5.74, 6) is 1.13. The zero-order valence-electron chi connectivity index (χ0n) is 18.0. The molecule has 0 aromatic heterocycles. The summed E-state index contributed by atoms with van der Waals surface area (Å²) in [5, 5.41) is 0. The quantitative estimate of drug-likeness (QED) is 0.275. The summed E-state index contributed by atoms with van der Waals surface area (Å²) in [7, 11) is 0. The predicted octanol–water partition coefficient (Wildman–Crippen LogP) is 8.25. The van der Waals surface area contributed by atoms with Gasteiger partial charge in [-0.25, -0.2) is 0 Å². The van der Waals surface area contributed by atoms with Crippen molar-refractivity contribution in [1.29, 1.82) is 0 Å². The second-order valence-corrected chi connectivity index (χ2v) is 8.52. The molecule has 0 atom stereocenters. The third-order valence-corrected chi connectivity index (χ3v) is 6.30. The molecule has 0 bridgehead atoms. The van der Waals surface area contributed by atoms with Gasteiger partial charge < -0.3 is 4.74 Å². The average molecular weight is 453 g/mol. The molecule has 0 unspecified atom stereocenters. The standard InChI is InChI=1S/C26H29F5O/c1-2-3-4-19-5-9-21(10-6-19)22-11-15-24(16-12-22)26(30,31)32-18-17-20-7-13-23(14-8-20)25(27,28)29/h2,7-8,11-16,19,21H,1,3-6,9-10,17-18H2/t19-,21-. The first-order chi connectivity index (χ1) is 15.2. The van der Waals surface area contributed by atoms with Gasteiger partial charge in [0.05, 0.1) is 17.7 Å². The third kappa shape index (κ3) is 6.64. The molecule has 0 N–H and O–H groups in total. The van der Waals surface area contributed by atoms with Gasteiger partial charge >= 0.3 is 12.3 Å².